The molecule has 2 aliphatic rings. The number of hydrogen-bond acceptors (Lipinski definition) is 4. The van der Waals surface area contributed by atoms with E-state index in [-0.39, 0.29) is 16.8 Å². The highest BCUT2D eigenvalue weighted by Crippen LogP contribution is 2.47. The highest BCUT2D eigenvalue weighted by molar-refractivity contribution is 6.10. The van der Waals surface area contributed by atoms with Crippen LogP contribution in [0.15, 0.2) is 65.0 Å². The number of amides is 1. The van der Waals surface area contributed by atoms with Crippen molar-refractivity contribution in [2.24, 2.45) is 5.41 Å². The number of ether oxygens (including phenoxy) is 1. The molecule has 0 saturated heterocycles. The van der Waals surface area contributed by atoms with E-state index in [1.165, 1.54) is 6.07 Å². The Morgan fingerprint density at radius 2 is 1.73 bits per heavy atom. The number of methoxy groups -OCH3 is 1. The van der Waals surface area contributed by atoms with E-state index in [1.54, 1.807) is 38.3 Å². The lowest BCUT2D eigenvalue weighted by Crippen LogP contribution is -2.39. The molecule has 1 unspecified atom stereocenters. The first kappa shape index (κ1) is 22.7. The fourth-order valence-corrected chi connectivity index (χ4v) is 4.66. The Hall–Kier alpha value is -3.48. The standard InChI is InChI=1S/C26H26F2N2O3/c1-14-21(25(32)30-24-17(27)6-5-7-18(24)28)22(15-8-10-16(33-4)11-9-15)23-19(29-14)12-26(2,3)13-20(23)31/h5-11,22,29H,12-13H2,1-4H3,(H,30,32). The average Bonchev–Trinajstić information content (AvgIpc) is 2.74. The molecule has 0 fully saturated rings. The summed E-state index contributed by atoms with van der Waals surface area (Å²) in [5, 5.41) is 5.62. The lowest BCUT2D eigenvalue weighted by atomic mass is 9.68. The van der Waals surface area contributed by atoms with Crippen molar-refractivity contribution in [1.82, 2.24) is 5.32 Å². The van der Waals surface area contributed by atoms with Crippen molar-refractivity contribution in [2.45, 2.75) is 39.5 Å². The monoisotopic (exact) mass is 452 g/mol. The summed E-state index contributed by atoms with van der Waals surface area (Å²) in [6.07, 6.45) is 0.991. The summed E-state index contributed by atoms with van der Waals surface area (Å²) >= 11 is 0. The van der Waals surface area contributed by atoms with E-state index >= 15 is 0 Å². The number of carbonyl (C=O) groups is 2. The van der Waals surface area contributed by atoms with Crippen LogP contribution < -0.4 is 15.4 Å². The Morgan fingerprint density at radius 1 is 1.09 bits per heavy atom. The molecule has 1 atom stereocenters. The summed E-state index contributed by atoms with van der Waals surface area (Å²) < 4.78 is 33.7. The number of para-hydroxylation sites is 1. The van der Waals surface area contributed by atoms with Gasteiger partial charge in [0.2, 0.25) is 0 Å². The van der Waals surface area contributed by atoms with E-state index in [1.807, 2.05) is 13.8 Å². The van der Waals surface area contributed by atoms with Gasteiger partial charge < -0.3 is 15.4 Å². The Kier molecular flexibility index (Phi) is 5.82. The van der Waals surface area contributed by atoms with Gasteiger partial charge in [-0.05, 0) is 48.6 Å². The Labute approximate surface area is 191 Å². The molecule has 0 spiro atoms. The summed E-state index contributed by atoms with van der Waals surface area (Å²) in [7, 11) is 1.55. The number of carbonyl (C=O) groups excluding carboxylic acids is 2. The lowest BCUT2D eigenvalue weighted by molar-refractivity contribution is -0.118. The Morgan fingerprint density at radius 3 is 2.33 bits per heavy atom. The van der Waals surface area contributed by atoms with Crippen LogP contribution in [-0.2, 0) is 9.59 Å². The molecule has 33 heavy (non-hydrogen) atoms. The van der Waals surface area contributed by atoms with Crippen LogP contribution in [0.2, 0.25) is 0 Å². The molecule has 5 nitrogen and oxygen atoms in total. The highest BCUT2D eigenvalue weighted by atomic mass is 19.1. The van der Waals surface area contributed by atoms with Gasteiger partial charge in [0, 0.05) is 34.9 Å². The number of halogens is 2. The average molecular weight is 453 g/mol. The van der Waals surface area contributed by atoms with E-state index < -0.39 is 29.1 Å². The molecular weight excluding hydrogens is 426 g/mol. The molecule has 0 bridgehead atoms. The van der Waals surface area contributed by atoms with Gasteiger partial charge in [-0.15, -0.1) is 0 Å². The summed E-state index contributed by atoms with van der Waals surface area (Å²) in [5.41, 5.74) is 2.06. The van der Waals surface area contributed by atoms with Crippen LogP contribution in [-0.4, -0.2) is 18.8 Å². The number of hydrogen-bond donors (Lipinski definition) is 2. The van der Waals surface area contributed by atoms with Crippen molar-refractivity contribution in [2.75, 3.05) is 12.4 Å². The van der Waals surface area contributed by atoms with Gasteiger partial charge in [0.25, 0.3) is 5.91 Å². The first-order chi connectivity index (χ1) is 15.6. The molecule has 172 valence electrons. The third kappa shape index (κ3) is 4.27. The number of rotatable bonds is 4. The largest absolute Gasteiger partial charge is 0.497 e. The number of nitrogens with one attached hydrogen (secondary N) is 2. The zero-order valence-corrected chi connectivity index (χ0v) is 19.0. The van der Waals surface area contributed by atoms with Gasteiger partial charge in [-0.2, -0.15) is 0 Å². The molecule has 7 heteroatoms. The highest BCUT2D eigenvalue weighted by Gasteiger charge is 2.42. The zero-order valence-electron chi connectivity index (χ0n) is 19.0. The van der Waals surface area contributed by atoms with E-state index in [2.05, 4.69) is 10.6 Å². The van der Waals surface area contributed by atoms with Crippen molar-refractivity contribution < 1.29 is 23.1 Å². The normalized spacial score (nSPS) is 19.7. The predicted molar refractivity (Wildman–Crippen MR) is 122 cm³/mol. The Bertz CT molecular complexity index is 1180. The SMILES string of the molecule is COc1ccc(C2C(C(=O)Nc3c(F)cccc3F)=C(C)NC3=C2C(=O)CC(C)(C)C3)cc1. The van der Waals surface area contributed by atoms with Crippen LogP contribution in [0, 0.1) is 17.0 Å². The van der Waals surface area contributed by atoms with Gasteiger partial charge in [-0.1, -0.05) is 32.0 Å². The number of allylic oxidation sites excluding steroid dienone is 3. The number of Topliss-reactive ketones (excluding diaryl/α,β-unsaturated/α-hetero) is 1. The second-order valence-electron chi connectivity index (χ2n) is 9.25. The van der Waals surface area contributed by atoms with Crippen LogP contribution in [0.4, 0.5) is 14.5 Å². The number of dihydropyridines is 1. The first-order valence-corrected chi connectivity index (χ1v) is 10.7. The second-order valence-corrected chi connectivity index (χ2v) is 9.25. The topological polar surface area (TPSA) is 67.4 Å². The third-order valence-electron chi connectivity index (χ3n) is 6.13. The smallest absolute Gasteiger partial charge is 0.254 e. The predicted octanol–water partition coefficient (Wildman–Crippen LogP) is 5.22. The van der Waals surface area contributed by atoms with E-state index in [9.17, 15) is 18.4 Å². The van der Waals surface area contributed by atoms with Crippen LogP contribution in [0.1, 0.15) is 45.1 Å². The van der Waals surface area contributed by atoms with Crippen LogP contribution >= 0.6 is 0 Å². The quantitative estimate of drug-likeness (QED) is 0.668. The number of benzene rings is 2. The molecule has 2 aromatic carbocycles. The van der Waals surface area contributed by atoms with Crippen LogP contribution in [0.25, 0.3) is 0 Å². The summed E-state index contributed by atoms with van der Waals surface area (Å²) in [4.78, 5) is 26.7. The van der Waals surface area contributed by atoms with Crippen LogP contribution in [0.3, 0.4) is 0 Å². The van der Waals surface area contributed by atoms with Crippen molar-refractivity contribution >= 4 is 17.4 Å². The fourth-order valence-electron chi connectivity index (χ4n) is 4.66. The first-order valence-electron chi connectivity index (χ1n) is 10.7. The molecule has 0 radical (unpaired) electrons. The second kappa shape index (κ2) is 8.46. The maximum absolute atomic E-state index is 14.2. The fraction of sp³-hybridized carbons (Fsp3) is 0.308. The number of ketones is 1. The van der Waals surface area contributed by atoms with Crippen molar-refractivity contribution in [3.8, 4) is 5.75 Å². The van der Waals surface area contributed by atoms with E-state index in [0.29, 0.717) is 29.9 Å². The summed E-state index contributed by atoms with van der Waals surface area (Å²) in [5.74, 6) is -2.51. The number of anilines is 1. The molecule has 1 heterocycles. The summed E-state index contributed by atoms with van der Waals surface area (Å²) in [6.45, 7) is 5.79. The molecule has 1 aliphatic heterocycles. The van der Waals surface area contributed by atoms with Gasteiger partial charge in [-0.25, -0.2) is 8.78 Å². The Balaban J connectivity index is 1.82. The molecule has 2 aromatic rings. The van der Waals surface area contributed by atoms with Crippen molar-refractivity contribution in [3.63, 3.8) is 0 Å². The summed E-state index contributed by atoms with van der Waals surface area (Å²) in [6, 6.07) is 10.5. The van der Waals surface area contributed by atoms with Crippen LogP contribution in [0.5, 0.6) is 5.75 Å². The third-order valence-corrected chi connectivity index (χ3v) is 6.13. The molecule has 0 saturated carbocycles. The maximum atomic E-state index is 14.2. The molecular formula is C26H26F2N2O3. The zero-order chi connectivity index (χ0) is 23.9. The minimum atomic E-state index is -0.873. The van der Waals surface area contributed by atoms with Crippen molar-refractivity contribution in [3.05, 3.63) is 82.2 Å². The van der Waals surface area contributed by atoms with Crippen molar-refractivity contribution in [1.29, 1.82) is 0 Å². The van der Waals surface area contributed by atoms with Gasteiger partial charge in [0.15, 0.2) is 5.78 Å². The van der Waals surface area contributed by atoms with Gasteiger partial charge in [0.05, 0.1) is 7.11 Å². The van der Waals surface area contributed by atoms with Gasteiger partial charge in [-0.3, -0.25) is 9.59 Å². The van der Waals surface area contributed by atoms with E-state index in [4.69, 9.17) is 4.74 Å². The molecule has 2 N–H and O–H groups in total. The minimum absolute atomic E-state index is 0.0514. The van der Waals surface area contributed by atoms with Gasteiger partial charge >= 0.3 is 0 Å². The van der Waals surface area contributed by atoms with Gasteiger partial charge in [0.1, 0.15) is 23.1 Å². The lowest BCUT2D eigenvalue weighted by Gasteiger charge is -2.39. The van der Waals surface area contributed by atoms with E-state index in [0.717, 1.165) is 23.4 Å². The maximum Gasteiger partial charge on any atom is 0.254 e. The minimum Gasteiger partial charge on any atom is -0.497 e. The molecule has 0 aromatic heterocycles. The molecule has 1 aliphatic carbocycles. The molecule has 1 amide bonds. The molecule has 4 rings (SSSR count).